The van der Waals surface area contributed by atoms with Crippen molar-refractivity contribution in [2.24, 2.45) is 11.5 Å². The number of carboxylic acid groups (broad SMARTS) is 2. The van der Waals surface area contributed by atoms with Crippen LogP contribution in [0.1, 0.15) is 25.5 Å². The van der Waals surface area contributed by atoms with Crippen molar-refractivity contribution in [2.45, 2.75) is 56.5 Å². The Morgan fingerprint density at radius 1 is 1.00 bits per heavy atom. The van der Waals surface area contributed by atoms with Gasteiger partial charge in [0.2, 0.25) is 23.6 Å². The molecule has 0 aliphatic rings. The molecule has 34 heavy (non-hydrogen) atoms. The number of imidazole rings is 1. The number of H-pyrrole nitrogens is 1. The van der Waals surface area contributed by atoms with E-state index >= 15 is 0 Å². The van der Waals surface area contributed by atoms with Gasteiger partial charge in [0, 0.05) is 18.3 Å². The summed E-state index contributed by atoms with van der Waals surface area (Å²) in [6.45, 7) is 1.14. The van der Waals surface area contributed by atoms with Gasteiger partial charge in [-0.25, -0.2) is 9.78 Å². The molecule has 0 aliphatic carbocycles. The maximum atomic E-state index is 12.8. The number of hydrogen-bond acceptors (Lipinski definition) is 9. The number of aliphatic hydroxyl groups is 1. The fourth-order valence-electron chi connectivity index (χ4n) is 2.71. The molecule has 1 rings (SSSR count). The molecule has 0 spiro atoms. The van der Waals surface area contributed by atoms with E-state index in [2.05, 4.69) is 25.9 Å². The number of primary amides is 1. The molecule has 5 unspecified atom stereocenters. The monoisotopic (exact) mass is 485 g/mol. The molecule has 1 aromatic rings. The summed E-state index contributed by atoms with van der Waals surface area (Å²) >= 11 is 0. The molecule has 0 aromatic carbocycles. The van der Waals surface area contributed by atoms with Crippen LogP contribution in [-0.2, 0) is 35.2 Å². The molecule has 0 bridgehead atoms. The van der Waals surface area contributed by atoms with Crippen molar-refractivity contribution in [3.8, 4) is 0 Å². The number of carboxylic acids is 2. The van der Waals surface area contributed by atoms with Crippen LogP contribution in [-0.4, -0.2) is 91.1 Å². The van der Waals surface area contributed by atoms with Crippen molar-refractivity contribution in [2.75, 3.05) is 0 Å². The van der Waals surface area contributed by atoms with Crippen molar-refractivity contribution < 1.29 is 44.1 Å². The lowest BCUT2D eigenvalue weighted by molar-refractivity contribution is -0.145. The standard InChI is InChI=1S/C18H27N7O9/c1-7(26)14(18(33)34)25-17(32)10(2-8-5-21-6-22-8)24-16(31)11(4-12(20)27)23-15(30)9(19)3-13(28)29/h5-7,9-11,14,26H,2-4,19H2,1H3,(H2,20,27)(H,21,22)(H,23,30)(H,24,31)(H,25,32)(H,28,29)(H,33,34). The quantitative estimate of drug-likeness (QED) is 0.121. The lowest BCUT2D eigenvalue weighted by atomic mass is 10.1. The average Bonchev–Trinajstić information content (AvgIpc) is 3.22. The van der Waals surface area contributed by atoms with Crippen molar-refractivity contribution >= 4 is 35.6 Å². The molecule has 16 nitrogen and oxygen atoms in total. The lowest BCUT2D eigenvalue weighted by Gasteiger charge is -2.25. The summed E-state index contributed by atoms with van der Waals surface area (Å²) in [5.74, 6) is -7.01. The molecular weight excluding hydrogens is 458 g/mol. The molecule has 11 N–H and O–H groups in total. The number of nitrogens with two attached hydrogens (primary N) is 2. The number of aliphatic carboxylic acids is 2. The second-order valence-electron chi connectivity index (χ2n) is 7.34. The number of rotatable bonds is 14. The van der Waals surface area contributed by atoms with E-state index in [1.54, 1.807) is 0 Å². The van der Waals surface area contributed by atoms with Crippen LogP contribution in [0.15, 0.2) is 12.5 Å². The van der Waals surface area contributed by atoms with Gasteiger partial charge in [-0.15, -0.1) is 0 Å². The van der Waals surface area contributed by atoms with Crippen LogP contribution >= 0.6 is 0 Å². The molecule has 0 aliphatic heterocycles. The fourth-order valence-corrected chi connectivity index (χ4v) is 2.71. The fraction of sp³-hybridized carbons (Fsp3) is 0.500. The zero-order chi connectivity index (χ0) is 26.0. The van der Waals surface area contributed by atoms with Crippen LogP contribution in [0.25, 0.3) is 0 Å². The van der Waals surface area contributed by atoms with E-state index in [1.807, 2.05) is 0 Å². The third-order valence-electron chi connectivity index (χ3n) is 4.43. The van der Waals surface area contributed by atoms with Crippen molar-refractivity contribution in [3.63, 3.8) is 0 Å². The number of aromatic amines is 1. The number of aliphatic hydroxyl groups excluding tert-OH is 1. The first kappa shape index (κ1) is 28.0. The Bertz CT molecular complexity index is 904. The minimum absolute atomic E-state index is 0.209. The summed E-state index contributed by atoms with van der Waals surface area (Å²) in [5.41, 5.74) is 10.9. The topological polar surface area (TPSA) is 280 Å². The summed E-state index contributed by atoms with van der Waals surface area (Å²) in [6.07, 6.45) is -0.508. The molecule has 0 saturated heterocycles. The van der Waals surface area contributed by atoms with Crippen LogP contribution in [0.3, 0.4) is 0 Å². The highest BCUT2D eigenvalue weighted by Crippen LogP contribution is 2.04. The normalized spacial score (nSPS) is 15.1. The van der Waals surface area contributed by atoms with Crippen LogP contribution in [0, 0.1) is 0 Å². The molecular formula is C18H27N7O9. The van der Waals surface area contributed by atoms with Gasteiger partial charge in [-0.05, 0) is 6.92 Å². The lowest BCUT2D eigenvalue weighted by Crippen LogP contribution is -2.59. The average molecular weight is 485 g/mol. The molecule has 4 amide bonds. The Hall–Kier alpha value is -4.05. The molecule has 1 aromatic heterocycles. The molecule has 16 heteroatoms. The third-order valence-corrected chi connectivity index (χ3v) is 4.43. The van der Waals surface area contributed by atoms with E-state index in [4.69, 9.17) is 16.6 Å². The Morgan fingerprint density at radius 2 is 1.59 bits per heavy atom. The van der Waals surface area contributed by atoms with E-state index < -0.39 is 78.7 Å². The smallest absolute Gasteiger partial charge is 0.328 e. The second kappa shape index (κ2) is 12.9. The van der Waals surface area contributed by atoms with E-state index in [9.17, 15) is 39.0 Å². The summed E-state index contributed by atoms with van der Waals surface area (Å²) in [4.78, 5) is 77.6. The molecule has 188 valence electrons. The number of hydrogen-bond donors (Lipinski definition) is 9. The van der Waals surface area contributed by atoms with Gasteiger partial charge >= 0.3 is 11.9 Å². The number of carbonyl (C=O) groups is 6. The largest absolute Gasteiger partial charge is 0.481 e. The highest BCUT2D eigenvalue weighted by atomic mass is 16.4. The first-order valence-corrected chi connectivity index (χ1v) is 9.86. The van der Waals surface area contributed by atoms with E-state index in [0.717, 1.165) is 6.92 Å². The zero-order valence-corrected chi connectivity index (χ0v) is 18.1. The number of nitrogens with zero attached hydrogens (tertiary/aromatic N) is 1. The van der Waals surface area contributed by atoms with Crippen LogP contribution in [0.2, 0.25) is 0 Å². The minimum atomic E-state index is -1.69. The van der Waals surface area contributed by atoms with Crippen molar-refractivity contribution in [1.82, 2.24) is 25.9 Å². The Kier molecular flexibility index (Phi) is 10.6. The van der Waals surface area contributed by atoms with Crippen molar-refractivity contribution in [3.05, 3.63) is 18.2 Å². The molecule has 0 radical (unpaired) electrons. The number of amides is 4. The van der Waals surface area contributed by atoms with Gasteiger partial charge in [0.15, 0.2) is 6.04 Å². The highest BCUT2D eigenvalue weighted by molar-refractivity contribution is 5.96. The highest BCUT2D eigenvalue weighted by Gasteiger charge is 2.33. The Balaban J connectivity index is 3.08. The van der Waals surface area contributed by atoms with Crippen LogP contribution in [0.4, 0.5) is 0 Å². The summed E-state index contributed by atoms with van der Waals surface area (Å²) in [5, 5.41) is 34.0. The van der Waals surface area contributed by atoms with Gasteiger partial charge < -0.3 is 47.7 Å². The van der Waals surface area contributed by atoms with E-state index in [-0.39, 0.29) is 6.42 Å². The Morgan fingerprint density at radius 3 is 2.06 bits per heavy atom. The number of carbonyl (C=O) groups excluding carboxylic acids is 4. The van der Waals surface area contributed by atoms with Crippen LogP contribution in [0.5, 0.6) is 0 Å². The van der Waals surface area contributed by atoms with Gasteiger partial charge in [-0.2, -0.15) is 0 Å². The van der Waals surface area contributed by atoms with Gasteiger partial charge in [0.1, 0.15) is 12.1 Å². The predicted octanol–water partition coefficient (Wildman–Crippen LogP) is -4.45. The molecule has 5 atom stereocenters. The number of aromatic nitrogens is 2. The van der Waals surface area contributed by atoms with Gasteiger partial charge in [0.05, 0.1) is 31.3 Å². The van der Waals surface area contributed by atoms with Gasteiger partial charge in [0.25, 0.3) is 0 Å². The first-order valence-electron chi connectivity index (χ1n) is 9.86. The number of nitrogens with one attached hydrogen (secondary N) is 4. The third kappa shape index (κ3) is 9.21. The Labute approximate surface area is 192 Å². The van der Waals surface area contributed by atoms with Gasteiger partial charge in [-0.1, -0.05) is 0 Å². The summed E-state index contributed by atoms with van der Waals surface area (Å²) < 4.78 is 0. The molecule has 1 heterocycles. The second-order valence-corrected chi connectivity index (χ2v) is 7.34. The van der Waals surface area contributed by atoms with E-state index in [0.29, 0.717) is 5.69 Å². The summed E-state index contributed by atoms with van der Waals surface area (Å²) in [6, 6.07) is -6.28. The predicted molar refractivity (Wildman–Crippen MR) is 111 cm³/mol. The molecule has 0 fully saturated rings. The zero-order valence-electron chi connectivity index (χ0n) is 18.1. The van der Waals surface area contributed by atoms with Crippen LogP contribution < -0.4 is 27.4 Å². The first-order chi connectivity index (χ1) is 15.8. The minimum Gasteiger partial charge on any atom is -0.481 e. The molecule has 0 saturated carbocycles. The van der Waals surface area contributed by atoms with Crippen molar-refractivity contribution in [1.29, 1.82) is 0 Å². The van der Waals surface area contributed by atoms with Gasteiger partial charge in [-0.3, -0.25) is 24.0 Å². The summed E-state index contributed by atoms with van der Waals surface area (Å²) in [7, 11) is 0. The maximum absolute atomic E-state index is 12.8. The van der Waals surface area contributed by atoms with E-state index in [1.165, 1.54) is 12.5 Å². The SMILES string of the molecule is CC(O)C(NC(=O)C(Cc1cnc[nH]1)NC(=O)C(CC(N)=O)NC(=O)C(N)CC(=O)O)C(=O)O. The maximum Gasteiger partial charge on any atom is 0.328 e.